The lowest BCUT2D eigenvalue weighted by atomic mass is 10.0. The quantitative estimate of drug-likeness (QED) is 0.584. The van der Waals surface area contributed by atoms with Gasteiger partial charge in [0.2, 0.25) is 0 Å². The fourth-order valence-electron chi connectivity index (χ4n) is 2.64. The Morgan fingerprint density at radius 2 is 1.69 bits per heavy atom. The van der Waals surface area contributed by atoms with Crippen molar-refractivity contribution in [1.29, 1.82) is 0 Å². The van der Waals surface area contributed by atoms with Crippen LogP contribution in [0.3, 0.4) is 0 Å². The molecular formula is C22H20N2O4S. The molecule has 0 aliphatic heterocycles. The van der Waals surface area contributed by atoms with Gasteiger partial charge < -0.3 is 15.4 Å². The van der Waals surface area contributed by atoms with Gasteiger partial charge in [0.15, 0.2) is 6.10 Å². The maximum absolute atomic E-state index is 12.5. The van der Waals surface area contributed by atoms with Gasteiger partial charge in [-0.3, -0.25) is 14.4 Å². The standard InChI is InChI=1S/C22H20N2O4S/c1-15(28-20(25)14-23-22(27)19-12-7-13-29-19)21(26)24-18-11-6-5-10-17(18)16-8-3-2-4-9-16/h2-13,15H,14H2,1H3,(H,23,27)(H,24,26)/t15-/m0/s1. The zero-order chi connectivity index (χ0) is 20.6. The molecule has 3 rings (SSSR count). The highest BCUT2D eigenvalue weighted by molar-refractivity contribution is 7.12. The van der Waals surface area contributed by atoms with Crippen LogP contribution in [0.25, 0.3) is 11.1 Å². The number of ether oxygens (including phenoxy) is 1. The van der Waals surface area contributed by atoms with E-state index in [-0.39, 0.29) is 12.5 Å². The molecule has 1 aromatic heterocycles. The van der Waals surface area contributed by atoms with E-state index in [1.54, 1.807) is 23.6 Å². The third-order valence-electron chi connectivity index (χ3n) is 4.09. The molecule has 2 N–H and O–H groups in total. The number of rotatable bonds is 7. The second-order valence-electron chi connectivity index (χ2n) is 6.19. The Kier molecular flexibility index (Phi) is 6.76. The zero-order valence-electron chi connectivity index (χ0n) is 15.8. The Morgan fingerprint density at radius 3 is 2.41 bits per heavy atom. The molecule has 0 saturated heterocycles. The molecule has 6 nitrogen and oxygen atoms in total. The van der Waals surface area contributed by atoms with E-state index in [2.05, 4.69) is 10.6 Å². The molecule has 29 heavy (non-hydrogen) atoms. The maximum atomic E-state index is 12.5. The number of benzene rings is 2. The molecular weight excluding hydrogens is 388 g/mol. The van der Waals surface area contributed by atoms with Gasteiger partial charge in [-0.05, 0) is 30.0 Å². The molecule has 1 atom stereocenters. The number of esters is 1. The van der Waals surface area contributed by atoms with Crippen LogP contribution in [0.4, 0.5) is 5.69 Å². The van der Waals surface area contributed by atoms with E-state index in [9.17, 15) is 14.4 Å². The van der Waals surface area contributed by atoms with Crippen LogP contribution < -0.4 is 10.6 Å². The van der Waals surface area contributed by atoms with Crippen LogP contribution in [0, 0.1) is 0 Å². The van der Waals surface area contributed by atoms with Crippen LogP contribution in [0.2, 0.25) is 0 Å². The summed E-state index contributed by atoms with van der Waals surface area (Å²) in [6.07, 6.45) is -1.01. The van der Waals surface area contributed by atoms with Gasteiger partial charge >= 0.3 is 5.97 Å². The molecule has 0 aliphatic carbocycles. The summed E-state index contributed by atoms with van der Waals surface area (Å²) in [6.45, 7) is 1.18. The lowest BCUT2D eigenvalue weighted by molar-refractivity contribution is -0.152. The van der Waals surface area contributed by atoms with E-state index >= 15 is 0 Å². The summed E-state index contributed by atoms with van der Waals surface area (Å²) in [5.41, 5.74) is 2.45. The summed E-state index contributed by atoms with van der Waals surface area (Å²) in [5.74, 6) is -1.49. The SMILES string of the molecule is C[C@H](OC(=O)CNC(=O)c1cccs1)C(=O)Nc1ccccc1-c1ccccc1. The van der Waals surface area contributed by atoms with Crippen LogP contribution in [-0.2, 0) is 14.3 Å². The van der Waals surface area contributed by atoms with E-state index < -0.39 is 18.0 Å². The Balaban J connectivity index is 1.56. The summed E-state index contributed by atoms with van der Waals surface area (Å²) in [5, 5.41) is 7.04. The van der Waals surface area contributed by atoms with Crippen LogP contribution in [0.15, 0.2) is 72.1 Å². The second-order valence-corrected chi connectivity index (χ2v) is 7.14. The molecule has 0 radical (unpaired) electrons. The Labute approximate surface area is 172 Å². The fourth-order valence-corrected chi connectivity index (χ4v) is 3.28. The molecule has 0 aliphatic rings. The first kappa shape index (κ1) is 20.3. The Hall–Kier alpha value is -3.45. The highest BCUT2D eigenvalue weighted by atomic mass is 32.1. The number of hydrogen-bond donors (Lipinski definition) is 2. The van der Waals surface area contributed by atoms with E-state index in [0.717, 1.165) is 11.1 Å². The lowest BCUT2D eigenvalue weighted by Crippen LogP contribution is -2.35. The molecule has 0 bridgehead atoms. The second kappa shape index (κ2) is 9.66. The van der Waals surface area contributed by atoms with Gasteiger partial charge in [0.25, 0.3) is 11.8 Å². The van der Waals surface area contributed by atoms with E-state index in [4.69, 9.17) is 4.74 Å². The molecule has 0 spiro atoms. The van der Waals surface area contributed by atoms with Gasteiger partial charge in [-0.2, -0.15) is 0 Å². The average molecular weight is 408 g/mol. The lowest BCUT2D eigenvalue weighted by Gasteiger charge is -2.16. The minimum Gasteiger partial charge on any atom is -0.451 e. The molecule has 0 saturated carbocycles. The maximum Gasteiger partial charge on any atom is 0.326 e. The highest BCUT2D eigenvalue weighted by Crippen LogP contribution is 2.27. The third-order valence-corrected chi connectivity index (χ3v) is 4.95. The van der Waals surface area contributed by atoms with E-state index in [1.807, 2.05) is 48.5 Å². The van der Waals surface area contributed by atoms with Crippen molar-refractivity contribution in [2.75, 3.05) is 11.9 Å². The molecule has 1 heterocycles. The van der Waals surface area contributed by atoms with Crippen molar-refractivity contribution in [3.63, 3.8) is 0 Å². The van der Waals surface area contributed by atoms with Gasteiger partial charge in [-0.1, -0.05) is 54.6 Å². The minimum absolute atomic E-state index is 0.311. The summed E-state index contributed by atoms with van der Waals surface area (Å²) in [6, 6.07) is 20.5. The largest absolute Gasteiger partial charge is 0.451 e. The normalized spacial score (nSPS) is 11.3. The van der Waals surface area contributed by atoms with E-state index in [0.29, 0.717) is 10.6 Å². The van der Waals surface area contributed by atoms with Crippen molar-refractivity contribution in [2.45, 2.75) is 13.0 Å². The first-order valence-corrected chi connectivity index (χ1v) is 9.89. The Morgan fingerprint density at radius 1 is 0.966 bits per heavy atom. The van der Waals surface area contributed by atoms with Crippen LogP contribution in [0.5, 0.6) is 0 Å². The van der Waals surface area contributed by atoms with Crippen molar-refractivity contribution in [3.8, 4) is 11.1 Å². The molecule has 2 aromatic carbocycles. The van der Waals surface area contributed by atoms with Gasteiger partial charge in [0.05, 0.1) is 4.88 Å². The topological polar surface area (TPSA) is 84.5 Å². The predicted octanol–water partition coefficient (Wildman–Crippen LogP) is 3.72. The molecule has 7 heteroatoms. The molecule has 148 valence electrons. The number of hydrogen-bond acceptors (Lipinski definition) is 5. The molecule has 0 fully saturated rings. The number of carbonyl (C=O) groups excluding carboxylic acids is 3. The van der Waals surface area contributed by atoms with Crippen molar-refractivity contribution in [1.82, 2.24) is 5.32 Å². The molecule has 3 aromatic rings. The minimum atomic E-state index is -1.01. The van der Waals surface area contributed by atoms with Gasteiger partial charge in [-0.15, -0.1) is 11.3 Å². The highest BCUT2D eigenvalue weighted by Gasteiger charge is 2.19. The van der Waals surface area contributed by atoms with Crippen molar-refractivity contribution in [2.24, 2.45) is 0 Å². The molecule has 0 unspecified atom stereocenters. The summed E-state index contributed by atoms with van der Waals surface area (Å²) >= 11 is 1.27. The number of amides is 2. The number of nitrogens with one attached hydrogen (secondary N) is 2. The number of carbonyl (C=O) groups is 3. The summed E-state index contributed by atoms with van der Waals surface area (Å²) in [7, 11) is 0. The first-order valence-electron chi connectivity index (χ1n) is 9.01. The molecule has 2 amide bonds. The third kappa shape index (κ3) is 5.52. The smallest absolute Gasteiger partial charge is 0.326 e. The predicted molar refractivity (Wildman–Crippen MR) is 113 cm³/mol. The van der Waals surface area contributed by atoms with Crippen molar-refractivity contribution in [3.05, 3.63) is 77.0 Å². The first-order chi connectivity index (χ1) is 14.0. The van der Waals surface area contributed by atoms with Crippen molar-refractivity contribution < 1.29 is 19.1 Å². The van der Waals surface area contributed by atoms with Gasteiger partial charge in [-0.25, -0.2) is 0 Å². The van der Waals surface area contributed by atoms with Gasteiger partial charge in [0, 0.05) is 11.3 Å². The van der Waals surface area contributed by atoms with Crippen molar-refractivity contribution >= 4 is 34.8 Å². The van der Waals surface area contributed by atoms with Gasteiger partial charge in [0.1, 0.15) is 6.54 Å². The van der Waals surface area contributed by atoms with Crippen LogP contribution >= 0.6 is 11.3 Å². The van der Waals surface area contributed by atoms with Crippen LogP contribution in [0.1, 0.15) is 16.6 Å². The monoisotopic (exact) mass is 408 g/mol. The zero-order valence-corrected chi connectivity index (χ0v) is 16.6. The fraction of sp³-hybridized carbons (Fsp3) is 0.136. The summed E-state index contributed by atoms with van der Waals surface area (Å²) < 4.78 is 5.14. The summed E-state index contributed by atoms with van der Waals surface area (Å²) in [4.78, 5) is 36.8. The number of para-hydroxylation sites is 1. The van der Waals surface area contributed by atoms with E-state index in [1.165, 1.54) is 18.3 Å². The Bertz CT molecular complexity index is 987. The van der Waals surface area contributed by atoms with Crippen LogP contribution in [-0.4, -0.2) is 30.4 Å². The average Bonchev–Trinajstić information content (AvgIpc) is 3.28. The number of anilines is 1. The number of thiophene rings is 1.